The van der Waals surface area contributed by atoms with Gasteiger partial charge in [0.1, 0.15) is 0 Å². The second kappa shape index (κ2) is 16.3. The van der Waals surface area contributed by atoms with Crippen molar-refractivity contribution in [2.45, 2.75) is 104 Å². The summed E-state index contributed by atoms with van der Waals surface area (Å²) in [5, 5.41) is 48.2. The molecule has 15 heteroatoms. The molecule has 4 aromatic heterocycles. The van der Waals surface area contributed by atoms with Crippen molar-refractivity contribution in [2.75, 3.05) is 56.2 Å². The summed E-state index contributed by atoms with van der Waals surface area (Å²) in [5.41, 5.74) is 5.97. The zero-order valence-electron chi connectivity index (χ0n) is 35.9. The Bertz CT molecular complexity index is 2370. The van der Waals surface area contributed by atoms with E-state index in [9.17, 15) is 20.1 Å². The number of fused-ring (bicyclic) bond motifs is 2. The maximum atomic E-state index is 13.0. The number of anilines is 4. The van der Waals surface area contributed by atoms with Crippen molar-refractivity contribution < 1.29 is 24.9 Å². The lowest BCUT2D eigenvalue weighted by Crippen LogP contribution is -2.64. The van der Waals surface area contributed by atoms with E-state index in [1.54, 1.807) is 17.5 Å². The highest BCUT2D eigenvalue weighted by molar-refractivity contribution is 7.22. The molecule has 4 saturated carbocycles. The molecule has 2 unspecified atom stereocenters. The smallest absolute Gasteiger partial charge is 0.355 e. The van der Waals surface area contributed by atoms with Gasteiger partial charge in [-0.15, -0.1) is 10.2 Å². The Morgan fingerprint density at radius 3 is 2.44 bits per heavy atom. The molecule has 4 N–H and O–H groups in total. The van der Waals surface area contributed by atoms with Crippen LogP contribution in [-0.2, 0) is 17.7 Å². The number of benzene rings is 1. The number of para-hydroxylation sites is 1. The number of carboxylic acid groups (broad SMARTS) is 1. The minimum absolute atomic E-state index is 0.0136. The molecule has 5 aliphatic rings. The van der Waals surface area contributed by atoms with Crippen LogP contribution in [0.3, 0.4) is 0 Å². The summed E-state index contributed by atoms with van der Waals surface area (Å²) in [7, 11) is 0. The van der Waals surface area contributed by atoms with Crippen LogP contribution in [0.4, 0.5) is 22.5 Å². The van der Waals surface area contributed by atoms with E-state index in [0.29, 0.717) is 37.4 Å². The molecule has 61 heavy (non-hydrogen) atoms. The van der Waals surface area contributed by atoms with E-state index in [1.165, 1.54) is 6.42 Å². The molecular formula is C46H59N9O5S. The molecule has 5 heterocycles. The summed E-state index contributed by atoms with van der Waals surface area (Å²) < 4.78 is 10.3. The molecular weight excluding hydrogens is 791 g/mol. The third-order valence-electron chi connectivity index (χ3n) is 13.9. The van der Waals surface area contributed by atoms with Crippen LogP contribution >= 0.6 is 11.3 Å². The second-order valence-electron chi connectivity index (χ2n) is 19.2. The third-order valence-corrected chi connectivity index (χ3v) is 14.9. The van der Waals surface area contributed by atoms with Crippen LogP contribution in [-0.4, -0.2) is 108 Å². The van der Waals surface area contributed by atoms with Crippen LogP contribution in [0.2, 0.25) is 0 Å². The quantitative estimate of drug-likeness (QED) is 0.0718. The molecule has 0 saturated heterocycles. The molecule has 0 amide bonds. The summed E-state index contributed by atoms with van der Waals surface area (Å²) in [6.07, 6.45) is 13.0. The number of nitrogens with zero attached hydrogens (tertiary/aromatic N) is 8. The molecule has 0 spiro atoms. The molecule has 10 rings (SSSR count). The van der Waals surface area contributed by atoms with Gasteiger partial charge < -0.3 is 35.2 Å². The SMILES string of the molecule is Cc1c(Nc2nc3ccccc3s2)nnc2c1CCCN2c1ccnc(C(=O)O)c1-c1cnn(CC23CC4(C)CC(C)(C2)CC(OCCN(CCCO)CCCO)(C4)C3)c1C. The fraction of sp³-hybridized carbons (Fsp3) is 0.565. The lowest BCUT2D eigenvalue weighted by Gasteiger charge is -2.69. The average molecular weight is 850 g/mol. The van der Waals surface area contributed by atoms with Gasteiger partial charge in [0.25, 0.3) is 0 Å². The zero-order valence-corrected chi connectivity index (χ0v) is 36.7. The highest BCUT2D eigenvalue weighted by Crippen LogP contribution is 2.72. The number of aromatic nitrogens is 6. The third kappa shape index (κ3) is 8.03. The first-order valence-corrected chi connectivity index (χ1v) is 22.8. The molecule has 0 radical (unpaired) electrons. The number of thiazole rings is 1. The highest BCUT2D eigenvalue weighted by atomic mass is 32.1. The van der Waals surface area contributed by atoms with Crippen LogP contribution in [0.25, 0.3) is 21.3 Å². The average Bonchev–Trinajstić information content (AvgIpc) is 3.79. The fourth-order valence-electron chi connectivity index (χ4n) is 12.7. The van der Waals surface area contributed by atoms with Gasteiger partial charge in [0.2, 0.25) is 0 Å². The van der Waals surface area contributed by atoms with Crippen molar-refractivity contribution in [1.82, 2.24) is 34.8 Å². The maximum absolute atomic E-state index is 13.0. The Morgan fingerprint density at radius 1 is 0.967 bits per heavy atom. The van der Waals surface area contributed by atoms with E-state index in [1.807, 2.05) is 30.5 Å². The van der Waals surface area contributed by atoms with Crippen molar-refractivity contribution in [1.29, 1.82) is 0 Å². The molecule has 14 nitrogen and oxygen atoms in total. The van der Waals surface area contributed by atoms with Gasteiger partial charge in [0, 0.05) is 80.1 Å². The number of hydrogen-bond donors (Lipinski definition) is 4. The number of carboxylic acids is 1. The van der Waals surface area contributed by atoms with Crippen molar-refractivity contribution in [3.63, 3.8) is 0 Å². The fourth-order valence-corrected chi connectivity index (χ4v) is 13.6. The van der Waals surface area contributed by atoms with Crippen molar-refractivity contribution in [3.05, 3.63) is 65.2 Å². The van der Waals surface area contributed by atoms with Gasteiger partial charge in [-0.3, -0.25) is 4.68 Å². The summed E-state index contributed by atoms with van der Waals surface area (Å²) in [5.74, 6) is 0.291. The van der Waals surface area contributed by atoms with Gasteiger partial charge in [0.15, 0.2) is 22.5 Å². The first kappa shape index (κ1) is 41.8. The van der Waals surface area contributed by atoms with Crippen molar-refractivity contribution in [3.8, 4) is 11.1 Å². The van der Waals surface area contributed by atoms with Crippen molar-refractivity contribution >= 4 is 50.0 Å². The van der Waals surface area contributed by atoms with Gasteiger partial charge in [-0.2, -0.15) is 5.10 Å². The number of aromatic carboxylic acids is 1. The maximum Gasteiger partial charge on any atom is 0.355 e. The number of pyridine rings is 1. The summed E-state index contributed by atoms with van der Waals surface area (Å²) in [4.78, 5) is 26.6. The van der Waals surface area contributed by atoms with Gasteiger partial charge in [-0.25, -0.2) is 14.8 Å². The van der Waals surface area contributed by atoms with Gasteiger partial charge in [0.05, 0.1) is 34.3 Å². The Labute approximate surface area is 361 Å². The molecule has 324 valence electrons. The Morgan fingerprint density at radius 2 is 1.72 bits per heavy atom. The highest BCUT2D eigenvalue weighted by Gasteiger charge is 2.66. The first-order valence-electron chi connectivity index (χ1n) is 21.9. The van der Waals surface area contributed by atoms with Crippen LogP contribution in [0, 0.1) is 30.1 Å². The number of ether oxygens (including phenoxy) is 1. The Balaban J connectivity index is 1.00. The summed E-state index contributed by atoms with van der Waals surface area (Å²) in [6, 6.07) is 9.94. The summed E-state index contributed by atoms with van der Waals surface area (Å²) >= 11 is 1.58. The Hall–Kier alpha value is -4.54. The van der Waals surface area contributed by atoms with Crippen LogP contribution < -0.4 is 10.2 Å². The molecule has 4 aliphatic carbocycles. The second-order valence-corrected chi connectivity index (χ2v) is 20.2. The first-order chi connectivity index (χ1) is 29.3. The lowest BCUT2D eigenvalue weighted by atomic mass is 9.39. The normalized spacial score (nSPS) is 25.5. The van der Waals surface area contributed by atoms with Crippen molar-refractivity contribution in [2.24, 2.45) is 16.2 Å². The van der Waals surface area contributed by atoms with Gasteiger partial charge >= 0.3 is 5.97 Å². The van der Waals surface area contributed by atoms with Gasteiger partial charge in [-0.05, 0) is 112 Å². The predicted octanol–water partition coefficient (Wildman–Crippen LogP) is 7.69. The predicted molar refractivity (Wildman–Crippen MR) is 237 cm³/mol. The molecule has 2 atom stereocenters. The van der Waals surface area contributed by atoms with E-state index >= 15 is 0 Å². The zero-order chi connectivity index (χ0) is 42.6. The van der Waals surface area contributed by atoms with E-state index in [2.05, 4.69) is 63.6 Å². The number of aliphatic hydroxyl groups is 2. The van der Waals surface area contributed by atoms with E-state index in [0.717, 1.165) is 120 Å². The molecule has 4 fully saturated rings. The minimum atomic E-state index is -1.09. The van der Waals surface area contributed by atoms with Crippen LogP contribution in [0.1, 0.15) is 98.9 Å². The number of nitrogens with one attached hydrogen (secondary N) is 1. The minimum Gasteiger partial charge on any atom is -0.476 e. The molecule has 4 bridgehead atoms. The van der Waals surface area contributed by atoms with Gasteiger partial charge in [-0.1, -0.05) is 37.3 Å². The van der Waals surface area contributed by atoms with E-state index < -0.39 is 5.97 Å². The topological polar surface area (TPSA) is 175 Å². The number of carbonyl (C=O) groups is 1. The Kier molecular flexibility index (Phi) is 11.2. The van der Waals surface area contributed by atoms with E-state index in [4.69, 9.17) is 19.9 Å². The molecule has 5 aromatic rings. The largest absolute Gasteiger partial charge is 0.476 e. The standard InChI is InChI=1S/C46H59N9O5S/c1-30-32-10-7-17-54(40(32)52-51-39(30)50-42-49-34-11-5-6-12-36(34)61-42)35-13-14-47-38(41(58)59)37(35)33-22-48-55(31(33)2)29-45-24-43(3)23-44(4,25-45)27-46(26-43,28-45)60-21-18-53(15-8-19-56)16-9-20-57/h5-6,11-14,22,56-57H,7-10,15-21,23-29H2,1-4H3,(H,58,59)(H,49,50,51). The molecule has 1 aromatic carbocycles. The van der Waals surface area contributed by atoms with Crippen LogP contribution in [0.5, 0.6) is 0 Å². The van der Waals surface area contributed by atoms with E-state index in [-0.39, 0.29) is 40.8 Å². The number of hydrogen-bond acceptors (Lipinski definition) is 13. The monoisotopic (exact) mass is 849 g/mol. The number of aliphatic hydroxyl groups excluding tert-OH is 2. The lowest BCUT2D eigenvalue weighted by molar-refractivity contribution is -0.248. The van der Waals surface area contributed by atoms with Crippen LogP contribution in [0.15, 0.2) is 42.7 Å². The number of rotatable bonds is 17. The summed E-state index contributed by atoms with van der Waals surface area (Å²) in [6.45, 7) is 13.7. The molecule has 1 aliphatic heterocycles.